The molecule has 0 radical (unpaired) electrons. The van der Waals surface area contributed by atoms with Gasteiger partial charge in [-0.3, -0.25) is 0 Å². The van der Waals surface area contributed by atoms with Crippen molar-refractivity contribution in [2.75, 3.05) is 6.61 Å². The lowest BCUT2D eigenvalue weighted by Gasteiger charge is -2.08. The van der Waals surface area contributed by atoms with Crippen LogP contribution in [0.3, 0.4) is 0 Å². The Kier molecular flexibility index (Phi) is 3.62. The van der Waals surface area contributed by atoms with E-state index in [2.05, 4.69) is 37.6 Å². The Morgan fingerprint density at radius 3 is 2.61 bits per heavy atom. The molecule has 0 saturated heterocycles. The predicted octanol–water partition coefficient (Wildman–Crippen LogP) is 3.16. The van der Waals surface area contributed by atoms with E-state index in [9.17, 15) is 0 Å². The normalized spacial score (nSPS) is 11.4. The Labute approximate surface area is 109 Å². The summed E-state index contributed by atoms with van der Waals surface area (Å²) in [6, 6.07) is 6.27. The molecule has 0 bridgehead atoms. The molecule has 0 aliphatic carbocycles. The SMILES string of the molecule is CCOc1ccc2c(c1)c(C(C)C)c(CN)n2C. The molecule has 0 aliphatic rings. The van der Waals surface area contributed by atoms with Gasteiger partial charge < -0.3 is 15.0 Å². The molecule has 0 fully saturated rings. The van der Waals surface area contributed by atoms with E-state index in [0.717, 1.165) is 5.75 Å². The highest BCUT2D eigenvalue weighted by Gasteiger charge is 2.16. The molecular weight excluding hydrogens is 224 g/mol. The topological polar surface area (TPSA) is 40.2 Å². The molecule has 0 spiro atoms. The van der Waals surface area contributed by atoms with Gasteiger partial charge in [-0.05, 0) is 36.6 Å². The first kappa shape index (κ1) is 13.0. The standard InChI is InChI=1S/C15H22N2O/c1-5-18-11-6-7-13-12(8-11)15(10(2)3)14(9-16)17(13)4/h6-8,10H,5,9,16H2,1-4H3. The molecule has 2 rings (SSSR count). The molecule has 0 unspecified atom stereocenters. The van der Waals surface area contributed by atoms with Crippen LogP contribution < -0.4 is 10.5 Å². The number of benzene rings is 1. The Hall–Kier alpha value is -1.48. The maximum absolute atomic E-state index is 5.90. The molecule has 18 heavy (non-hydrogen) atoms. The number of aryl methyl sites for hydroxylation is 1. The second kappa shape index (κ2) is 5.02. The van der Waals surface area contributed by atoms with Crippen molar-refractivity contribution < 1.29 is 4.74 Å². The maximum Gasteiger partial charge on any atom is 0.120 e. The zero-order valence-electron chi connectivity index (χ0n) is 11.7. The Morgan fingerprint density at radius 2 is 2.06 bits per heavy atom. The predicted molar refractivity (Wildman–Crippen MR) is 76.1 cm³/mol. The highest BCUT2D eigenvalue weighted by Crippen LogP contribution is 2.33. The molecule has 0 saturated carbocycles. The van der Waals surface area contributed by atoms with E-state index in [-0.39, 0.29) is 0 Å². The fourth-order valence-corrected chi connectivity index (χ4v) is 2.65. The third kappa shape index (κ3) is 1.99. The van der Waals surface area contributed by atoms with E-state index in [1.54, 1.807) is 0 Å². The van der Waals surface area contributed by atoms with Crippen molar-refractivity contribution in [3.63, 3.8) is 0 Å². The molecule has 0 atom stereocenters. The van der Waals surface area contributed by atoms with Gasteiger partial charge in [0, 0.05) is 30.2 Å². The van der Waals surface area contributed by atoms with Crippen molar-refractivity contribution in [2.24, 2.45) is 12.8 Å². The average Bonchev–Trinajstić information content (AvgIpc) is 2.62. The summed E-state index contributed by atoms with van der Waals surface area (Å²) >= 11 is 0. The first-order valence-corrected chi connectivity index (χ1v) is 6.54. The molecule has 1 aromatic heterocycles. The molecule has 2 N–H and O–H groups in total. The van der Waals surface area contributed by atoms with Gasteiger partial charge in [0.15, 0.2) is 0 Å². The Bertz CT molecular complexity index is 555. The zero-order chi connectivity index (χ0) is 13.3. The van der Waals surface area contributed by atoms with Crippen LogP contribution in [-0.4, -0.2) is 11.2 Å². The molecule has 0 aliphatic heterocycles. The average molecular weight is 246 g/mol. The minimum Gasteiger partial charge on any atom is -0.494 e. The molecule has 2 aromatic rings. The molecule has 3 nitrogen and oxygen atoms in total. The number of aromatic nitrogens is 1. The number of hydrogen-bond acceptors (Lipinski definition) is 2. The fraction of sp³-hybridized carbons (Fsp3) is 0.467. The molecule has 3 heteroatoms. The monoisotopic (exact) mass is 246 g/mol. The van der Waals surface area contributed by atoms with Crippen LogP contribution in [0.25, 0.3) is 10.9 Å². The summed E-state index contributed by atoms with van der Waals surface area (Å²) in [7, 11) is 2.08. The summed E-state index contributed by atoms with van der Waals surface area (Å²) in [5.74, 6) is 1.39. The third-order valence-corrected chi connectivity index (χ3v) is 3.42. The van der Waals surface area contributed by atoms with Crippen LogP contribution in [0.1, 0.15) is 37.9 Å². The first-order valence-electron chi connectivity index (χ1n) is 6.54. The van der Waals surface area contributed by atoms with Crippen molar-refractivity contribution in [3.05, 3.63) is 29.5 Å². The summed E-state index contributed by atoms with van der Waals surface area (Å²) < 4.78 is 7.79. The van der Waals surface area contributed by atoms with Crippen LogP contribution in [0.5, 0.6) is 5.75 Å². The van der Waals surface area contributed by atoms with Gasteiger partial charge in [-0.25, -0.2) is 0 Å². The minimum atomic E-state index is 0.462. The zero-order valence-corrected chi connectivity index (χ0v) is 11.7. The van der Waals surface area contributed by atoms with Gasteiger partial charge in [-0.15, -0.1) is 0 Å². The van der Waals surface area contributed by atoms with E-state index in [1.165, 1.54) is 22.2 Å². The van der Waals surface area contributed by atoms with Crippen LogP contribution in [0, 0.1) is 0 Å². The number of nitrogens with zero attached hydrogens (tertiary/aromatic N) is 1. The molecule has 0 amide bonds. The van der Waals surface area contributed by atoms with Gasteiger partial charge >= 0.3 is 0 Å². The second-order valence-electron chi connectivity index (χ2n) is 4.89. The maximum atomic E-state index is 5.90. The van der Waals surface area contributed by atoms with Crippen LogP contribution in [-0.2, 0) is 13.6 Å². The summed E-state index contributed by atoms with van der Waals surface area (Å²) in [5.41, 5.74) is 9.68. The van der Waals surface area contributed by atoms with E-state index in [0.29, 0.717) is 19.1 Å². The second-order valence-corrected chi connectivity index (χ2v) is 4.89. The van der Waals surface area contributed by atoms with E-state index < -0.39 is 0 Å². The number of hydrogen-bond donors (Lipinski definition) is 1. The van der Waals surface area contributed by atoms with Gasteiger partial charge in [0.1, 0.15) is 5.75 Å². The molecule has 98 valence electrons. The molecule has 1 aromatic carbocycles. The van der Waals surface area contributed by atoms with Crippen LogP contribution >= 0.6 is 0 Å². The summed E-state index contributed by atoms with van der Waals surface area (Å²) in [6.45, 7) is 7.69. The van der Waals surface area contributed by atoms with Gasteiger partial charge in [0.2, 0.25) is 0 Å². The lowest BCUT2D eigenvalue weighted by molar-refractivity contribution is 0.340. The summed E-state index contributed by atoms with van der Waals surface area (Å²) in [5, 5.41) is 1.26. The number of fused-ring (bicyclic) bond motifs is 1. The number of rotatable bonds is 4. The third-order valence-electron chi connectivity index (χ3n) is 3.42. The van der Waals surface area contributed by atoms with Gasteiger partial charge in [-0.1, -0.05) is 13.8 Å². The minimum absolute atomic E-state index is 0.462. The summed E-state index contributed by atoms with van der Waals surface area (Å²) in [4.78, 5) is 0. The Morgan fingerprint density at radius 1 is 1.33 bits per heavy atom. The van der Waals surface area contributed by atoms with Crippen LogP contribution in [0.2, 0.25) is 0 Å². The van der Waals surface area contributed by atoms with Crippen molar-refractivity contribution in [3.8, 4) is 5.75 Å². The van der Waals surface area contributed by atoms with Crippen LogP contribution in [0.15, 0.2) is 18.2 Å². The van der Waals surface area contributed by atoms with Crippen molar-refractivity contribution in [1.29, 1.82) is 0 Å². The highest BCUT2D eigenvalue weighted by atomic mass is 16.5. The van der Waals surface area contributed by atoms with Gasteiger partial charge in [-0.2, -0.15) is 0 Å². The van der Waals surface area contributed by atoms with Crippen molar-refractivity contribution in [2.45, 2.75) is 33.2 Å². The van der Waals surface area contributed by atoms with E-state index in [4.69, 9.17) is 10.5 Å². The highest BCUT2D eigenvalue weighted by molar-refractivity contribution is 5.87. The lowest BCUT2D eigenvalue weighted by Crippen LogP contribution is -2.06. The molecule has 1 heterocycles. The number of ether oxygens (including phenoxy) is 1. The Balaban J connectivity index is 2.71. The van der Waals surface area contributed by atoms with Crippen molar-refractivity contribution >= 4 is 10.9 Å². The van der Waals surface area contributed by atoms with Crippen molar-refractivity contribution in [1.82, 2.24) is 4.57 Å². The van der Waals surface area contributed by atoms with E-state index in [1.807, 2.05) is 13.0 Å². The van der Waals surface area contributed by atoms with Crippen LogP contribution in [0.4, 0.5) is 0 Å². The lowest BCUT2D eigenvalue weighted by atomic mass is 9.99. The fourth-order valence-electron chi connectivity index (χ4n) is 2.65. The van der Waals surface area contributed by atoms with Gasteiger partial charge in [0.05, 0.1) is 6.61 Å². The van der Waals surface area contributed by atoms with E-state index >= 15 is 0 Å². The van der Waals surface area contributed by atoms with Gasteiger partial charge in [0.25, 0.3) is 0 Å². The molecular formula is C15H22N2O. The smallest absolute Gasteiger partial charge is 0.120 e. The number of nitrogens with two attached hydrogens (primary N) is 1. The largest absolute Gasteiger partial charge is 0.494 e. The summed E-state index contributed by atoms with van der Waals surface area (Å²) in [6.07, 6.45) is 0. The quantitative estimate of drug-likeness (QED) is 0.900. The first-order chi connectivity index (χ1) is 8.60.